The van der Waals surface area contributed by atoms with Crippen LogP contribution in [0, 0.1) is 25.2 Å². The lowest BCUT2D eigenvalue weighted by molar-refractivity contribution is -0.112. The zero-order valence-electron chi connectivity index (χ0n) is 16.4. The van der Waals surface area contributed by atoms with Gasteiger partial charge in [0.2, 0.25) is 0 Å². The second-order valence-electron chi connectivity index (χ2n) is 6.95. The zero-order valence-corrected chi connectivity index (χ0v) is 17.9. The van der Waals surface area contributed by atoms with E-state index in [0.29, 0.717) is 10.7 Å². The smallest absolute Gasteiger partial charge is 0.267 e. The molecule has 150 valence electrons. The van der Waals surface area contributed by atoms with Gasteiger partial charge in [0.15, 0.2) is 0 Å². The minimum Gasteiger partial charge on any atom is -0.373 e. The molecule has 5 nitrogen and oxygen atoms in total. The monoisotopic (exact) mass is 428 g/mol. The third-order valence-corrected chi connectivity index (χ3v) is 5.93. The number of nitrogens with zero attached hydrogens (tertiary/aromatic N) is 3. The van der Waals surface area contributed by atoms with Crippen LogP contribution in [0.3, 0.4) is 0 Å². The van der Waals surface area contributed by atoms with Gasteiger partial charge in [-0.2, -0.15) is 5.26 Å². The summed E-state index contributed by atoms with van der Waals surface area (Å²) in [6.07, 6.45) is 1.62. The number of benzene rings is 2. The molecule has 7 heteroatoms. The van der Waals surface area contributed by atoms with Crippen molar-refractivity contribution >= 4 is 40.5 Å². The molecule has 2 aromatic rings. The molecule has 1 aliphatic heterocycles. The minimum absolute atomic E-state index is 0.0289. The minimum atomic E-state index is -0.506. The first-order chi connectivity index (χ1) is 13.9. The molecule has 0 atom stereocenters. The molecule has 0 unspecified atom stereocenters. The summed E-state index contributed by atoms with van der Waals surface area (Å²) in [5, 5.41) is 12.7. The fourth-order valence-corrected chi connectivity index (χ4v) is 3.63. The highest BCUT2D eigenvalue weighted by Crippen LogP contribution is 2.30. The lowest BCUT2D eigenvalue weighted by Gasteiger charge is -2.36. The molecule has 0 radical (unpaired) electrons. The number of amides is 1. The molecule has 3 rings (SSSR count). The van der Waals surface area contributed by atoms with Crippen LogP contribution in [0.2, 0.25) is 10.0 Å². The van der Waals surface area contributed by atoms with Gasteiger partial charge < -0.3 is 15.1 Å². The van der Waals surface area contributed by atoms with E-state index < -0.39 is 5.91 Å². The molecular formula is C22H22Cl2N4O. The van der Waals surface area contributed by atoms with Crippen LogP contribution in [0.5, 0.6) is 0 Å². The van der Waals surface area contributed by atoms with Crippen LogP contribution in [0.25, 0.3) is 0 Å². The van der Waals surface area contributed by atoms with Crippen LogP contribution in [0.4, 0.5) is 11.4 Å². The molecular weight excluding hydrogens is 407 g/mol. The largest absolute Gasteiger partial charge is 0.373 e. The Balaban J connectivity index is 1.66. The number of hydrogen-bond acceptors (Lipinski definition) is 4. The number of carbonyl (C=O) groups is 1. The molecule has 1 saturated heterocycles. The SMILES string of the molecule is Cc1cccc(N2CCN(/C=C(/C#N)C(=O)Nc3cccc(Cl)c3Cl)CC2)c1C. The predicted molar refractivity (Wildman–Crippen MR) is 118 cm³/mol. The summed E-state index contributed by atoms with van der Waals surface area (Å²) in [4.78, 5) is 16.8. The Morgan fingerprint density at radius 2 is 1.79 bits per heavy atom. The normalized spacial score (nSPS) is 14.5. The first-order valence-corrected chi connectivity index (χ1v) is 10.1. The average Bonchev–Trinajstić information content (AvgIpc) is 2.72. The quantitative estimate of drug-likeness (QED) is 0.562. The summed E-state index contributed by atoms with van der Waals surface area (Å²) in [6.45, 7) is 7.34. The van der Waals surface area contributed by atoms with Crippen molar-refractivity contribution in [3.63, 3.8) is 0 Å². The van der Waals surface area contributed by atoms with E-state index in [1.807, 2.05) is 11.0 Å². The Morgan fingerprint density at radius 3 is 2.48 bits per heavy atom. The van der Waals surface area contributed by atoms with Gasteiger partial charge in [-0.05, 0) is 43.2 Å². The first-order valence-electron chi connectivity index (χ1n) is 9.33. The molecule has 1 fully saturated rings. The van der Waals surface area contributed by atoms with E-state index in [4.69, 9.17) is 23.2 Å². The second kappa shape index (κ2) is 9.21. The molecule has 29 heavy (non-hydrogen) atoms. The van der Waals surface area contributed by atoms with Crippen LogP contribution >= 0.6 is 23.2 Å². The average molecular weight is 429 g/mol. The van der Waals surface area contributed by atoms with Crippen molar-refractivity contribution in [2.45, 2.75) is 13.8 Å². The maximum Gasteiger partial charge on any atom is 0.267 e. The molecule has 0 spiro atoms. The highest BCUT2D eigenvalue weighted by atomic mass is 35.5. The predicted octanol–water partition coefficient (Wildman–Crippen LogP) is 4.78. The van der Waals surface area contributed by atoms with E-state index in [1.54, 1.807) is 24.4 Å². The second-order valence-corrected chi connectivity index (χ2v) is 7.74. The fourth-order valence-electron chi connectivity index (χ4n) is 3.28. The first kappa shape index (κ1) is 21.0. The van der Waals surface area contributed by atoms with E-state index in [0.717, 1.165) is 26.2 Å². The van der Waals surface area contributed by atoms with Crippen LogP contribution < -0.4 is 10.2 Å². The van der Waals surface area contributed by atoms with Gasteiger partial charge in [-0.25, -0.2) is 0 Å². The van der Waals surface area contributed by atoms with Crippen molar-refractivity contribution in [3.8, 4) is 6.07 Å². The number of nitrogens with one attached hydrogen (secondary N) is 1. The number of anilines is 2. The Kier molecular flexibility index (Phi) is 6.68. The summed E-state index contributed by atoms with van der Waals surface area (Å²) in [5.41, 5.74) is 4.20. The van der Waals surface area contributed by atoms with Gasteiger partial charge in [-0.1, -0.05) is 41.4 Å². The highest BCUT2D eigenvalue weighted by Gasteiger charge is 2.19. The summed E-state index contributed by atoms with van der Waals surface area (Å²) in [6, 6.07) is 13.3. The molecule has 0 aromatic heterocycles. The molecule has 0 bridgehead atoms. The van der Waals surface area contributed by atoms with E-state index in [9.17, 15) is 10.1 Å². The van der Waals surface area contributed by atoms with Crippen LogP contribution in [0.1, 0.15) is 11.1 Å². The number of halogens is 2. The van der Waals surface area contributed by atoms with E-state index in [2.05, 4.69) is 42.3 Å². The van der Waals surface area contributed by atoms with Gasteiger partial charge in [0.05, 0.1) is 15.7 Å². The number of rotatable bonds is 4. The summed E-state index contributed by atoms with van der Waals surface area (Å²) in [5.74, 6) is -0.506. The van der Waals surface area contributed by atoms with Gasteiger partial charge in [0, 0.05) is 38.1 Å². The van der Waals surface area contributed by atoms with Crippen LogP contribution in [0.15, 0.2) is 48.2 Å². The zero-order chi connectivity index (χ0) is 21.0. The molecule has 1 aliphatic rings. The summed E-state index contributed by atoms with van der Waals surface area (Å²) >= 11 is 12.1. The Hall–Kier alpha value is -2.68. The van der Waals surface area contributed by atoms with Gasteiger partial charge >= 0.3 is 0 Å². The van der Waals surface area contributed by atoms with Gasteiger partial charge in [0.25, 0.3) is 5.91 Å². The molecule has 0 saturated carbocycles. The number of nitriles is 1. The van der Waals surface area contributed by atoms with Crippen molar-refractivity contribution in [1.82, 2.24) is 4.90 Å². The molecule has 1 heterocycles. The lowest BCUT2D eigenvalue weighted by atomic mass is 10.1. The number of aryl methyl sites for hydroxylation is 1. The lowest BCUT2D eigenvalue weighted by Crippen LogP contribution is -2.44. The maximum absolute atomic E-state index is 12.5. The highest BCUT2D eigenvalue weighted by molar-refractivity contribution is 6.44. The molecule has 0 aliphatic carbocycles. The third-order valence-electron chi connectivity index (χ3n) is 5.11. The Bertz CT molecular complexity index is 989. The van der Waals surface area contributed by atoms with Crippen LogP contribution in [-0.4, -0.2) is 37.0 Å². The van der Waals surface area contributed by atoms with E-state index in [1.165, 1.54) is 16.8 Å². The third kappa shape index (κ3) is 4.84. The van der Waals surface area contributed by atoms with E-state index in [-0.39, 0.29) is 10.6 Å². The summed E-state index contributed by atoms with van der Waals surface area (Å²) in [7, 11) is 0. The maximum atomic E-state index is 12.5. The van der Waals surface area contributed by atoms with Gasteiger partial charge in [0.1, 0.15) is 11.6 Å². The van der Waals surface area contributed by atoms with Crippen molar-refractivity contribution < 1.29 is 4.79 Å². The van der Waals surface area contributed by atoms with Crippen molar-refractivity contribution in [3.05, 3.63) is 69.3 Å². The number of hydrogen-bond donors (Lipinski definition) is 1. The van der Waals surface area contributed by atoms with Crippen molar-refractivity contribution in [1.29, 1.82) is 5.26 Å². The number of piperazine rings is 1. The topological polar surface area (TPSA) is 59.4 Å². The molecule has 1 amide bonds. The van der Waals surface area contributed by atoms with Gasteiger partial charge in [-0.15, -0.1) is 0 Å². The van der Waals surface area contributed by atoms with Crippen molar-refractivity contribution in [2.24, 2.45) is 0 Å². The standard InChI is InChI=1S/C22H22Cl2N4O/c1-15-5-3-8-20(16(15)2)28-11-9-27(10-12-28)14-17(13-25)22(29)26-19-7-4-6-18(23)21(19)24/h3-8,14H,9-12H2,1-2H3,(H,26,29)/b17-14-. The van der Waals surface area contributed by atoms with Crippen LogP contribution in [-0.2, 0) is 4.79 Å². The van der Waals surface area contributed by atoms with E-state index >= 15 is 0 Å². The molecule has 2 aromatic carbocycles. The van der Waals surface area contributed by atoms with Crippen molar-refractivity contribution in [2.75, 3.05) is 36.4 Å². The van der Waals surface area contributed by atoms with Gasteiger partial charge in [-0.3, -0.25) is 4.79 Å². The number of carbonyl (C=O) groups excluding carboxylic acids is 1. The Morgan fingerprint density at radius 1 is 1.10 bits per heavy atom. The molecule has 1 N–H and O–H groups in total. The fraction of sp³-hybridized carbons (Fsp3) is 0.273. The Labute approximate surface area is 181 Å². The summed E-state index contributed by atoms with van der Waals surface area (Å²) < 4.78 is 0.